The van der Waals surface area contributed by atoms with Crippen LogP contribution in [-0.4, -0.2) is 49.1 Å². The largest absolute Gasteiger partial charge is 0.387 e. The maximum absolute atomic E-state index is 11.9. The Bertz CT molecular complexity index is 568. The number of hydrogen-bond acceptors (Lipinski definition) is 4. The monoisotopic (exact) mass is 297 g/mol. The molecule has 1 aliphatic carbocycles. The molecule has 2 atom stereocenters. The molecule has 0 spiro atoms. The van der Waals surface area contributed by atoms with Crippen LogP contribution in [-0.2, 0) is 16.3 Å². The van der Waals surface area contributed by atoms with E-state index < -0.39 is 15.9 Å². The van der Waals surface area contributed by atoms with Crippen molar-refractivity contribution in [3.05, 3.63) is 35.4 Å². The van der Waals surface area contributed by atoms with Gasteiger partial charge in [0, 0.05) is 12.6 Å². The smallest absolute Gasteiger partial charge is 0.153 e. The normalized spacial score (nSPS) is 22.5. The highest BCUT2D eigenvalue weighted by atomic mass is 32.2. The second-order valence-electron chi connectivity index (χ2n) is 5.81. The van der Waals surface area contributed by atoms with Crippen molar-refractivity contribution < 1.29 is 13.5 Å². The molecule has 1 N–H and O–H groups in total. The number of aliphatic hydroxyl groups excluding tert-OH is 1. The van der Waals surface area contributed by atoms with Crippen molar-refractivity contribution in [3.63, 3.8) is 0 Å². The summed E-state index contributed by atoms with van der Waals surface area (Å²) in [5.74, 6) is 0.140. The number of hydrogen-bond donors (Lipinski definition) is 1. The standard InChI is InChI=1S/C15H23NO3S/c1-11(2)20(18,19)9-8-16(3)14-10-12-6-4-5-7-13(12)15(14)17/h4-7,11,14-15,17H,8-10H2,1-3H3. The molecule has 4 nitrogen and oxygen atoms in total. The fourth-order valence-electron chi connectivity index (χ4n) is 2.62. The molecule has 1 aromatic rings. The second kappa shape index (κ2) is 5.84. The molecule has 0 bridgehead atoms. The molecule has 1 aliphatic rings. The molecule has 0 radical (unpaired) electrons. The van der Waals surface area contributed by atoms with Crippen LogP contribution >= 0.6 is 0 Å². The molecular weight excluding hydrogens is 274 g/mol. The molecular formula is C15H23NO3S. The van der Waals surface area contributed by atoms with Gasteiger partial charge in [0.15, 0.2) is 9.84 Å². The molecule has 112 valence electrons. The number of benzene rings is 1. The van der Waals surface area contributed by atoms with Crippen molar-refractivity contribution in [1.29, 1.82) is 0 Å². The van der Waals surface area contributed by atoms with Crippen molar-refractivity contribution >= 4 is 9.84 Å². The average molecular weight is 297 g/mol. The highest BCUT2D eigenvalue weighted by Gasteiger charge is 2.33. The molecule has 0 aromatic heterocycles. The number of aliphatic hydroxyl groups is 1. The molecule has 0 saturated carbocycles. The fourth-order valence-corrected chi connectivity index (χ4v) is 3.64. The van der Waals surface area contributed by atoms with Crippen molar-refractivity contribution in [2.24, 2.45) is 0 Å². The Balaban J connectivity index is 2.01. The van der Waals surface area contributed by atoms with E-state index >= 15 is 0 Å². The molecule has 0 amide bonds. The topological polar surface area (TPSA) is 57.6 Å². The zero-order valence-electron chi connectivity index (χ0n) is 12.3. The van der Waals surface area contributed by atoms with E-state index in [4.69, 9.17) is 0 Å². The Hall–Kier alpha value is -0.910. The van der Waals surface area contributed by atoms with Gasteiger partial charge in [0.25, 0.3) is 0 Å². The first-order valence-corrected chi connectivity index (χ1v) is 8.72. The van der Waals surface area contributed by atoms with Gasteiger partial charge in [-0.1, -0.05) is 24.3 Å². The first kappa shape index (κ1) is 15.5. The zero-order valence-corrected chi connectivity index (χ0v) is 13.1. The molecule has 2 rings (SSSR count). The minimum Gasteiger partial charge on any atom is -0.387 e. The van der Waals surface area contributed by atoms with Gasteiger partial charge in [-0.25, -0.2) is 8.42 Å². The van der Waals surface area contributed by atoms with Crippen molar-refractivity contribution in [2.45, 2.75) is 37.7 Å². The summed E-state index contributed by atoms with van der Waals surface area (Å²) in [5.41, 5.74) is 2.12. The number of fused-ring (bicyclic) bond motifs is 1. The van der Waals surface area contributed by atoms with Crippen LogP contribution in [0.25, 0.3) is 0 Å². The lowest BCUT2D eigenvalue weighted by Crippen LogP contribution is -2.39. The van der Waals surface area contributed by atoms with E-state index in [1.807, 2.05) is 36.2 Å². The second-order valence-corrected chi connectivity index (χ2v) is 8.49. The predicted molar refractivity (Wildman–Crippen MR) is 80.4 cm³/mol. The highest BCUT2D eigenvalue weighted by Crippen LogP contribution is 2.33. The summed E-state index contributed by atoms with van der Waals surface area (Å²) in [6.45, 7) is 3.86. The van der Waals surface area contributed by atoms with Gasteiger partial charge >= 0.3 is 0 Å². The van der Waals surface area contributed by atoms with E-state index in [2.05, 4.69) is 0 Å². The molecule has 0 fully saturated rings. The number of nitrogens with zero attached hydrogens (tertiary/aromatic N) is 1. The van der Waals surface area contributed by atoms with Gasteiger partial charge in [0.2, 0.25) is 0 Å². The third kappa shape index (κ3) is 3.05. The Kier molecular flexibility index (Phi) is 4.52. The van der Waals surface area contributed by atoms with Crippen molar-refractivity contribution in [1.82, 2.24) is 4.90 Å². The minimum absolute atomic E-state index is 0.0326. The molecule has 0 saturated heterocycles. The van der Waals surface area contributed by atoms with Crippen LogP contribution in [0.4, 0.5) is 0 Å². The lowest BCUT2D eigenvalue weighted by Gasteiger charge is -2.27. The summed E-state index contributed by atoms with van der Waals surface area (Å²) in [4.78, 5) is 1.96. The Morgan fingerprint density at radius 1 is 1.35 bits per heavy atom. The van der Waals surface area contributed by atoms with Gasteiger partial charge in [-0.2, -0.15) is 0 Å². The highest BCUT2D eigenvalue weighted by molar-refractivity contribution is 7.92. The van der Waals surface area contributed by atoms with Gasteiger partial charge in [-0.05, 0) is 38.4 Å². The summed E-state index contributed by atoms with van der Waals surface area (Å²) in [5, 5.41) is 10.0. The maximum Gasteiger partial charge on any atom is 0.153 e. The van der Waals surface area contributed by atoms with Crippen LogP contribution in [0.5, 0.6) is 0 Å². The van der Waals surface area contributed by atoms with Gasteiger partial charge < -0.3 is 5.11 Å². The van der Waals surface area contributed by atoms with Crippen LogP contribution in [0.2, 0.25) is 0 Å². The minimum atomic E-state index is -3.03. The summed E-state index contributed by atoms with van der Waals surface area (Å²) in [7, 11) is -1.15. The Labute approximate surface area is 121 Å². The first-order valence-electron chi connectivity index (χ1n) is 7.00. The molecule has 0 aliphatic heterocycles. The van der Waals surface area contributed by atoms with E-state index in [9.17, 15) is 13.5 Å². The van der Waals surface area contributed by atoms with Gasteiger partial charge in [-0.3, -0.25) is 4.90 Å². The summed E-state index contributed by atoms with van der Waals surface area (Å²) >= 11 is 0. The number of rotatable bonds is 5. The van der Waals surface area contributed by atoms with E-state index in [0.29, 0.717) is 6.54 Å². The van der Waals surface area contributed by atoms with E-state index in [0.717, 1.165) is 17.5 Å². The summed E-state index contributed by atoms with van der Waals surface area (Å²) in [6, 6.07) is 7.83. The molecule has 2 unspecified atom stereocenters. The van der Waals surface area contributed by atoms with Crippen molar-refractivity contribution in [3.8, 4) is 0 Å². The van der Waals surface area contributed by atoms with Crippen LogP contribution < -0.4 is 0 Å². The van der Waals surface area contributed by atoms with Gasteiger partial charge in [0.1, 0.15) is 0 Å². The van der Waals surface area contributed by atoms with Crippen LogP contribution in [0.15, 0.2) is 24.3 Å². The maximum atomic E-state index is 11.9. The van der Waals surface area contributed by atoms with Crippen LogP contribution in [0, 0.1) is 0 Å². The fraction of sp³-hybridized carbons (Fsp3) is 0.600. The van der Waals surface area contributed by atoms with E-state index in [-0.39, 0.29) is 17.0 Å². The molecule has 1 aromatic carbocycles. The lowest BCUT2D eigenvalue weighted by atomic mass is 10.1. The van der Waals surface area contributed by atoms with Crippen LogP contribution in [0.1, 0.15) is 31.1 Å². The molecule has 5 heteroatoms. The van der Waals surface area contributed by atoms with Gasteiger partial charge in [0.05, 0.1) is 17.1 Å². The third-order valence-electron chi connectivity index (χ3n) is 4.18. The summed E-state index contributed by atoms with van der Waals surface area (Å²) in [6.07, 6.45) is 0.244. The van der Waals surface area contributed by atoms with Gasteiger partial charge in [-0.15, -0.1) is 0 Å². The van der Waals surface area contributed by atoms with Crippen LogP contribution in [0.3, 0.4) is 0 Å². The van der Waals surface area contributed by atoms with E-state index in [1.54, 1.807) is 13.8 Å². The SMILES string of the molecule is CC(C)S(=O)(=O)CCN(C)C1Cc2ccccc2C1O. The molecule has 20 heavy (non-hydrogen) atoms. The predicted octanol–water partition coefficient (Wildman–Crippen LogP) is 1.40. The quantitative estimate of drug-likeness (QED) is 0.892. The van der Waals surface area contributed by atoms with Crippen molar-refractivity contribution in [2.75, 3.05) is 19.3 Å². The Morgan fingerprint density at radius 3 is 2.60 bits per heavy atom. The number of likely N-dealkylation sites (N-methyl/N-ethyl adjacent to an activating group) is 1. The third-order valence-corrected chi connectivity index (χ3v) is 6.37. The van der Waals surface area contributed by atoms with E-state index in [1.165, 1.54) is 0 Å². The number of sulfone groups is 1. The zero-order chi connectivity index (χ0) is 14.9. The summed E-state index contributed by atoms with van der Waals surface area (Å²) < 4.78 is 23.7. The Morgan fingerprint density at radius 2 is 2.00 bits per heavy atom. The average Bonchev–Trinajstić information content (AvgIpc) is 2.74. The molecule has 0 heterocycles. The first-order chi connectivity index (χ1) is 9.33. The lowest BCUT2D eigenvalue weighted by molar-refractivity contribution is 0.0794.